The molecular weight excluding hydrogens is 340 g/mol. The first-order valence-corrected chi connectivity index (χ1v) is 7.76. The third-order valence-electron chi connectivity index (χ3n) is 4.41. The highest BCUT2D eigenvalue weighted by Gasteiger charge is 2.26. The van der Waals surface area contributed by atoms with Gasteiger partial charge in [0.25, 0.3) is 5.69 Å². The van der Waals surface area contributed by atoms with Gasteiger partial charge in [0.1, 0.15) is 5.75 Å². The quantitative estimate of drug-likeness (QED) is 0.443. The summed E-state index contributed by atoms with van der Waals surface area (Å²) in [6.45, 7) is 4.57. The van der Waals surface area contributed by atoms with Crippen molar-refractivity contribution in [2.75, 3.05) is 7.11 Å². The Balaban J connectivity index is 2.75. The molecule has 8 heteroatoms. The van der Waals surface area contributed by atoms with Crippen molar-refractivity contribution in [1.29, 1.82) is 0 Å². The number of carbonyl (C=O) groups excluding carboxylic acids is 1. The van der Waals surface area contributed by atoms with Crippen LogP contribution in [0.3, 0.4) is 0 Å². The van der Waals surface area contributed by atoms with Gasteiger partial charge < -0.3 is 4.74 Å². The molecule has 0 bridgehead atoms. The Morgan fingerprint density at radius 1 is 1.08 bits per heavy atom. The van der Waals surface area contributed by atoms with Crippen LogP contribution in [0.1, 0.15) is 38.2 Å². The van der Waals surface area contributed by atoms with Crippen LogP contribution in [0.25, 0.3) is 0 Å². The minimum atomic E-state index is -0.591. The highest BCUT2D eigenvalue weighted by molar-refractivity contribution is 6.11. The van der Waals surface area contributed by atoms with Crippen molar-refractivity contribution in [1.82, 2.24) is 0 Å². The Morgan fingerprint density at radius 2 is 1.73 bits per heavy atom. The van der Waals surface area contributed by atoms with Crippen molar-refractivity contribution in [3.05, 3.63) is 77.9 Å². The smallest absolute Gasteiger partial charge is 0.270 e. The van der Waals surface area contributed by atoms with Crippen molar-refractivity contribution in [3.8, 4) is 5.75 Å². The number of benzene rings is 2. The SMILES string of the molecule is COc1c(C)c(C)c(C(=O)c2cccc([N+](=O)[O-])c2)c(C[N+](=O)[O-])c1C. The van der Waals surface area contributed by atoms with Gasteiger partial charge in [-0.3, -0.25) is 25.0 Å². The molecule has 2 rings (SSSR count). The number of methoxy groups -OCH3 is 1. The Morgan fingerprint density at radius 3 is 2.27 bits per heavy atom. The number of carbonyl (C=O) groups is 1. The second kappa shape index (κ2) is 7.30. The van der Waals surface area contributed by atoms with Crippen LogP contribution in [0.15, 0.2) is 24.3 Å². The molecule has 0 spiro atoms. The lowest BCUT2D eigenvalue weighted by Crippen LogP contribution is -2.15. The number of hydrogen-bond donors (Lipinski definition) is 0. The molecule has 0 saturated carbocycles. The monoisotopic (exact) mass is 358 g/mol. The van der Waals surface area contributed by atoms with Gasteiger partial charge in [0, 0.05) is 39.3 Å². The van der Waals surface area contributed by atoms with Crippen molar-refractivity contribution >= 4 is 11.5 Å². The number of ketones is 1. The summed E-state index contributed by atoms with van der Waals surface area (Å²) in [5.74, 6) is 0.00634. The molecule has 0 radical (unpaired) electrons. The summed E-state index contributed by atoms with van der Waals surface area (Å²) >= 11 is 0. The summed E-state index contributed by atoms with van der Waals surface area (Å²) in [5, 5.41) is 22.1. The fourth-order valence-corrected chi connectivity index (χ4v) is 3.04. The number of nitrogens with zero attached hydrogens (tertiary/aromatic N) is 2. The van der Waals surface area contributed by atoms with Crippen molar-refractivity contribution < 1.29 is 19.4 Å². The first kappa shape index (κ1) is 19.0. The van der Waals surface area contributed by atoms with Crippen LogP contribution in [0.2, 0.25) is 0 Å². The van der Waals surface area contributed by atoms with Gasteiger partial charge in [-0.1, -0.05) is 12.1 Å². The number of nitro benzene ring substituents is 1. The van der Waals surface area contributed by atoms with Crippen LogP contribution in [-0.2, 0) is 6.54 Å². The van der Waals surface area contributed by atoms with E-state index in [-0.39, 0.29) is 22.4 Å². The molecule has 0 aliphatic heterocycles. The Hall–Kier alpha value is -3.29. The third kappa shape index (κ3) is 3.39. The lowest BCUT2D eigenvalue weighted by atomic mass is 9.87. The van der Waals surface area contributed by atoms with Gasteiger partial charge in [0.15, 0.2) is 5.78 Å². The van der Waals surface area contributed by atoms with Crippen molar-refractivity contribution in [3.63, 3.8) is 0 Å². The fourth-order valence-electron chi connectivity index (χ4n) is 3.04. The largest absolute Gasteiger partial charge is 0.496 e. The predicted molar refractivity (Wildman–Crippen MR) is 94.4 cm³/mol. The van der Waals surface area contributed by atoms with E-state index in [0.29, 0.717) is 22.4 Å². The lowest BCUT2D eigenvalue weighted by molar-refractivity contribution is -0.496. The molecule has 0 aliphatic rings. The summed E-state index contributed by atoms with van der Waals surface area (Å²) in [6.07, 6.45) is 0. The van der Waals surface area contributed by atoms with Gasteiger partial charge in [0.2, 0.25) is 6.54 Å². The van der Waals surface area contributed by atoms with Gasteiger partial charge in [-0.2, -0.15) is 0 Å². The number of rotatable bonds is 6. The summed E-state index contributed by atoms with van der Waals surface area (Å²) < 4.78 is 5.35. The minimum Gasteiger partial charge on any atom is -0.496 e. The second-order valence-electron chi connectivity index (χ2n) is 5.89. The normalized spacial score (nSPS) is 10.5. The highest BCUT2D eigenvalue weighted by Crippen LogP contribution is 2.34. The number of nitro groups is 2. The van der Waals surface area contributed by atoms with Gasteiger partial charge in [-0.15, -0.1) is 0 Å². The van der Waals surface area contributed by atoms with E-state index < -0.39 is 22.2 Å². The van der Waals surface area contributed by atoms with Crippen molar-refractivity contribution in [2.45, 2.75) is 27.3 Å². The Labute approximate surface area is 149 Å². The third-order valence-corrected chi connectivity index (χ3v) is 4.41. The van der Waals surface area contributed by atoms with E-state index in [4.69, 9.17) is 4.74 Å². The molecule has 8 nitrogen and oxygen atoms in total. The van der Waals surface area contributed by atoms with E-state index in [2.05, 4.69) is 0 Å². The van der Waals surface area contributed by atoms with Gasteiger partial charge in [-0.05, 0) is 31.9 Å². The van der Waals surface area contributed by atoms with E-state index in [1.807, 2.05) is 0 Å². The zero-order chi connectivity index (χ0) is 19.6. The van der Waals surface area contributed by atoms with Gasteiger partial charge in [-0.25, -0.2) is 0 Å². The molecule has 0 heterocycles. The fraction of sp³-hybridized carbons (Fsp3) is 0.278. The zero-order valence-corrected chi connectivity index (χ0v) is 14.9. The summed E-state index contributed by atoms with van der Waals surface area (Å²) in [5.41, 5.74) is 2.11. The Bertz CT molecular complexity index is 920. The molecule has 0 unspecified atom stereocenters. The topological polar surface area (TPSA) is 113 Å². The molecule has 0 amide bonds. The van der Waals surface area contributed by atoms with Gasteiger partial charge in [0.05, 0.1) is 12.0 Å². The maximum atomic E-state index is 13.1. The molecule has 136 valence electrons. The number of ether oxygens (including phenoxy) is 1. The van der Waals surface area contributed by atoms with Crippen LogP contribution in [-0.4, -0.2) is 22.7 Å². The number of non-ortho nitro benzene ring substituents is 1. The molecule has 2 aromatic carbocycles. The zero-order valence-electron chi connectivity index (χ0n) is 14.9. The van der Waals surface area contributed by atoms with Crippen molar-refractivity contribution in [2.24, 2.45) is 0 Å². The van der Waals surface area contributed by atoms with Crippen LogP contribution in [0.4, 0.5) is 5.69 Å². The minimum absolute atomic E-state index is 0.107. The molecule has 26 heavy (non-hydrogen) atoms. The molecule has 0 aliphatic carbocycles. The maximum Gasteiger partial charge on any atom is 0.270 e. The standard InChI is InChI=1S/C18H18N2O6/c1-10-11(2)18(26-4)12(3)15(9-19(22)23)16(10)17(21)13-6-5-7-14(8-13)20(24)25/h5-8H,9H2,1-4H3. The average Bonchev–Trinajstić information content (AvgIpc) is 2.59. The van der Waals surface area contributed by atoms with E-state index in [9.17, 15) is 25.0 Å². The van der Waals surface area contributed by atoms with E-state index in [1.165, 1.54) is 31.4 Å². The highest BCUT2D eigenvalue weighted by atomic mass is 16.6. The summed E-state index contributed by atoms with van der Waals surface area (Å²) in [6, 6.07) is 5.33. The van der Waals surface area contributed by atoms with Crippen LogP contribution < -0.4 is 4.74 Å². The Kier molecular flexibility index (Phi) is 5.35. The molecule has 0 N–H and O–H groups in total. The van der Waals surface area contributed by atoms with E-state index in [0.717, 1.165) is 0 Å². The molecule has 2 aromatic rings. The first-order chi connectivity index (χ1) is 12.2. The van der Waals surface area contributed by atoms with E-state index in [1.54, 1.807) is 20.8 Å². The molecular formula is C18H18N2O6. The molecule has 0 atom stereocenters. The molecule has 0 aromatic heterocycles. The van der Waals surface area contributed by atoms with Crippen LogP contribution in [0.5, 0.6) is 5.75 Å². The lowest BCUT2D eigenvalue weighted by Gasteiger charge is -2.19. The second-order valence-corrected chi connectivity index (χ2v) is 5.89. The first-order valence-electron chi connectivity index (χ1n) is 7.76. The van der Waals surface area contributed by atoms with Crippen LogP contribution >= 0.6 is 0 Å². The molecule has 0 fully saturated rings. The van der Waals surface area contributed by atoms with E-state index >= 15 is 0 Å². The average molecular weight is 358 g/mol. The summed E-state index contributed by atoms with van der Waals surface area (Å²) in [4.78, 5) is 34.1. The van der Waals surface area contributed by atoms with Gasteiger partial charge >= 0.3 is 0 Å². The molecule has 0 saturated heterocycles. The van der Waals surface area contributed by atoms with Crippen LogP contribution in [0, 0.1) is 41.0 Å². The number of hydrogen-bond acceptors (Lipinski definition) is 6. The summed E-state index contributed by atoms with van der Waals surface area (Å²) in [7, 11) is 1.47. The maximum absolute atomic E-state index is 13.1. The predicted octanol–water partition coefficient (Wildman–Crippen LogP) is 3.54.